The SMILES string of the molecule is COCCCNC(=O)CC(=O)Nc1cccc(C#N)c1. The number of hydrogen-bond donors (Lipinski definition) is 2. The molecule has 2 amide bonds. The number of carbonyl (C=O) groups is 2. The zero-order chi connectivity index (χ0) is 14.8. The van der Waals surface area contributed by atoms with Gasteiger partial charge >= 0.3 is 0 Å². The van der Waals surface area contributed by atoms with Crippen molar-refractivity contribution in [1.29, 1.82) is 5.26 Å². The van der Waals surface area contributed by atoms with Gasteiger partial charge < -0.3 is 15.4 Å². The number of nitrogens with zero attached hydrogens (tertiary/aromatic N) is 1. The summed E-state index contributed by atoms with van der Waals surface area (Å²) >= 11 is 0. The van der Waals surface area contributed by atoms with Crippen molar-refractivity contribution in [3.8, 4) is 6.07 Å². The average Bonchev–Trinajstić information content (AvgIpc) is 2.43. The van der Waals surface area contributed by atoms with Crippen molar-refractivity contribution < 1.29 is 14.3 Å². The van der Waals surface area contributed by atoms with Crippen LogP contribution in [0.2, 0.25) is 0 Å². The van der Waals surface area contributed by atoms with Gasteiger partial charge in [-0.15, -0.1) is 0 Å². The van der Waals surface area contributed by atoms with Gasteiger partial charge in [0.05, 0.1) is 11.6 Å². The van der Waals surface area contributed by atoms with Crippen LogP contribution in [0.3, 0.4) is 0 Å². The van der Waals surface area contributed by atoms with E-state index in [9.17, 15) is 9.59 Å². The van der Waals surface area contributed by atoms with E-state index in [0.29, 0.717) is 30.8 Å². The van der Waals surface area contributed by atoms with Crippen LogP contribution in [0.25, 0.3) is 0 Å². The summed E-state index contributed by atoms with van der Waals surface area (Å²) in [5.41, 5.74) is 0.952. The standard InChI is InChI=1S/C14H17N3O3/c1-20-7-3-6-16-13(18)9-14(19)17-12-5-2-4-11(8-12)10-15/h2,4-5,8H,3,6-7,9H2,1H3,(H,16,18)(H,17,19). The number of rotatable bonds is 7. The quantitative estimate of drug-likeness (QED) is 0.574. The van der Waals surface area contributed by atoms with Crippen LogP contribution in [0.5, 0.6) is 0 Å². The first kappa shape index (κ1) is 15.7. The molecule has 0 radical (unpaired) electrons. The number of methoxy groups -OCH3 is 1. The lowest BCUT2D eigenvalue weighted by Crippen LogP contribution is -2.29. The Labute approximate surface area is 117 Å². The van der Waals surface area contributed by atoms with E-state index in [1.807, 2.05) is 6.07 Å². The fourth-order valence-electron chi connectivity index (χ4n) is 1.52. The minimum Gasteiger partial charge on any atom is -0.385 e. The second kappa shape index (κ2) is 8.67. The topological polar surface area (TPSA) is 91.2 Å². The molecule has 0 spiro atoms. The third-order valence-corrected chi connectivity index (χ3v) is 2.44. The molecule has 6 nitrogen and oxygen atoms in total. The minimum atomic E-state index is -0.413. The van der Waals surface area contributed by atoms with Crippen molar-refractivity contribution in [2.24, 2.45) is 0 Å². The van der Waals surface area contributed by atoms with Gasteiger partial charge in [-0.2, -0.15) is 5.26 Å². The van der Waals surface area contributed by atoms with Gasteiger partial charge in [-0.1, -0.05) is 6.07 Å². The van der Waals surface area contributed by atoms with Crippen LogP contribution < -0.4 is 10.6 Å². The zero-order valence-corrected chi connectivity index (χ0v) is 11.3. The smallest absolute Gasteiger partial charge is 0.233 e. The Kier molecular flexibility index (Phi) is 6.79. The molecule has 0 aliphatic carbocycles. The first-order valence-corrected chi connectivity index (χ1v) is 6.21. The fourth-order valence-corrected chi connectivity index (χ4v) is 1.52. The van der Waals surface area contributed by atoms with Crippen molar-refractivity contribution in [2.45, 2.75) is 12.8 Å². The highest BCUT2D eigenvalue weighted by Crippen LogP contribution is 2.09. The summed E-state index contributed by atoms with van der Waals surface area (Å²) in [5, 5.41) is 13.9. The van der Waals surface area contributed by atoms with Gasteiger partial charge in [-0.25, -0.2) is 0 Å². The monoisotopic (exact) mass is 275 g/mol. The molecule has 0 atom stereocenters. The Bertz CT molecular complexity index is 509. The molecule has 0 aliphatic heterocycles. The van der Waals surface area contributed by atoms with Gasteiger partial charge in [-0.3, -0.25) is 9.59 Å². The molecule has 0 fully saturated rings. The number of hydrogen-bond acceptors (Lipinski definition) is 4. The van der Waals surface area contributed by atoms with E-state index >= 15 is 0 Å². The van der Waals surface area contributed by atoms with E-state index < -0.39 is 5.91 Å². The lowest BCUT2D eigenvalue weighted by Gasteiger charge is -2.06. The summed E-state index contributed by atoms with van der Waals surface area (Å²) in [6.07, 6.45) is 0.456. The summed E-state index contributed by atoms with van der Waals surface area (Å²) in [7, 11) is 1.59. The van der Waals surface area contributed by atoms with Crippen LogP contribution in [0, 0.1) is 11.3 Å². The molecule has 0 aromatic heterocycles. The van der Waals surface area contributed by atoms with Crippen molar-refractivity contribution >= 4 is 17.5 Å². The molecule has 106 valence electrons. The van der Waals surface area contributed by atoms with Crippen molar-refractivity contribution in [3.63, 3.8) is 0 Å². The third kappa shape index (κ3) is 5.98. The van der Waals surface area contributed by atoms with Gasteiger partial charge in [0.15, 0.2) is 0 Å². The maximum absolute atomic E-state index is 11.6. The van der Waals surface area contributed by atoms with E-state index in [1.54, 1.807) is 31.4 Å². The second-order valence-electron chi connectivity index (χ2n) is 4.11. The molecular weight excluding hydrogens is 258 g/mol. The van der Waals surface area contributed by atoms with Gasteiger partial charge in [0, 0.05) is 25.9 Å². The first-order chi connectivity index (χ1) is 9.65. The van der Waals surface area contributed by atoms with Crippen molar-refractivity contribution in [3.05, 3.63) is 29.8 Å². The molecule has 0 saturated carbocycles. The molecule has 1 aromatic carbocycles. The molecule has 0 saturated heterocycles. The zero-order valence-electron chi connectivity index (χ0n) is 11.3. The van der Waals surface area contributed by atoms with Crippen molar-refractivity contribution in [2.75, 3.05) is 25.6 Å². The molecule has 0 unspecified atom stereocenters. The maximum atomic E-state index is 11.6. The molecule has 0 aliphatic rings. The van der Waals surface area contributed by atoms with Gasteiger partial charge in [0.2, 0.25) is 11.8 Å². The number of carbonyl (C=O) groups excluding carboxylic acids is 2. The molecule has 0 bridgehead atoms. The Balaban J connectivity index is 2.35. The van der Waals surface area contributed by atoms with Crippen LogP contribution in [0.4, 0.5) is 5.69 Å². The van der Waals surface area contributed by atoms with Gasteiger partial charge in [0.25, 0.3) is 0 Å². The molecule has 2 N–H and O–H groups in total. The normalized spacial score (nSPS) is 9.60. The highest BCUT2D eigenvalue weighted by molar-refractivity contribution is 6.03. The van der Waals surface area contributed by atoms with E-state index in [2.05, 4.69) is 10.6 Å². The number of nitrogens with one attached hydrogen (secondary N) is 2. The maximum Gasteiger partial charge on any atom is 0.233 e. The number of nitriles is 1. The van der Waals surface area contributed by atoms with Crippen LogP contribution in [0.15, 0.2) is 24.3 Å². The number of benzene rings is 1. The van der Waals surface area contributed by atoms with E-state index in [1.165, 1.54) is 0 Å². The molecule has 1 rings (SSSR count). The van der Waals surface area contributed by atoms with Gasteiger partial charge in [0.1, 0.15) is 6.42 Å². The summed E-state index contributed by atoms with van der Waals surface area (Å²) in [5.74, 6) is -0.751. The van der Waals surface area contributed by atoms with E-state index in [-0.39, 0.29) is 12.3 Å². The Hall–Kier alpha value is -2.39. The molecule has 0 heterocycles. The molecule has 1 aromatic rings. The van der Waals surface area contributed by atoms with Gasteiger partial charge in [-0.05, 0) is 24.6 Å². The van der Waals surface area contributed by atoms with Crippen LogP contribution in [-0.2, 0) is 14.3 Å². The summed E-state index contributed by atoms with van der Waals surface area (Å²) < 4.78 is 4.85. The Morgan fingerprint density at radius 2 is 2.15 bits per heavy atom. The summed E-state index contributed by atoms with van der Waals surface area (Å²) in [6.45, 7) is 1.04. The highest BCUT2D eigenvalue weighted by atomic mass is 16.5. The first-order valence-electron chi connectivity index (χ1n) is 6.21. The molecule has 6 heteroatoms. The molecular formula is C14H17N3O3. The fraction of sp³-hybridized carbons (Fsp3) is 0.357. The predicted molar refractivity (Wildman–Crippen MR) is 73.9 cm³/mol. The lowest BCUT2D eigenvalue weighted by atomic mass is 10.2. The summed E-state index contributed by atoms with van der Waals surface area (Å²) in [4.78, 5) is 23.1. The van der Waals surface area contributed by atoms with Crippen molar-refractivity contribution in [1.82, 2.24) is 5.32 Å². The second-order valence-corrected chi connectivity index (χ2v) is 4.11. The number of anilines is 1. The largest absolute Gasteiger partial charge is 0.385 e. The summed E-state index contributed by atoms with van der Waals surface area (Å²) in [6, 6.07) is 8.49. The molecule has 20 heavy (non-hydrogen) atoms. The predicted octanol–water partition coefficient (Wildman–Crippen LogP) is 1.04. The number of amides is 2. The van der Waals surface area contributed by atoms with E-state index in [4.69, 9.17) is 10.00 Å². The van der Waals surface area contributed by atoms with Crippen LogP contribution >= 0.6 is 0 Å². The third-order valence-electron chi connectivity index (χ3n) is 2.44. The highest BCUT2D eigenvalue weighted by Gasteiger charge is 2.09. The van der Waals surface area contributed by atoms with E-state index in [0.717, 1.165) is 0 Å². The Morgan fingerprint density at radius 3 is 2.85 bits per heavy atom. The van der Waals surface area contributed by atoms with Crippen LogP contribution in [0.1, 0.15) is 18.4 Å². The minimum absolute atomic E-state index is 0.246. The number of ether oxygens (including phenoxy) is 1. The lowest BCUT2D eigenvalue weighted by molar-refractivity contribution is -0.126. The average molecular weight is 275 g/mol. The Morgan fingerprint density at radius 1 is 1.35 bits per heavy atom. The van der Waals surface area contributed by atoms with Crippen LogP contribution in [-0.4, -0.2) is 32.1 Å².